The Morgan fingerprint density at radius 3 is 2.61 bits per heavy atom. The molecule has 4 heteroatoms. The summed E-state index contributed by atoms with van der Waals surface area (Å²) < 4.78 is 5.78. The third-order valence-electron chi connectivity index (χ3n) is 4.18. The molecule has 0 amide bonds. The molecule has 0 radical (unpaired) electrons. The van der Waals surface area contributed by atoms with Crippen molar-refractivity contribution < 1.29 is 4.74 Å². The first kappa shape index (κ1) is 13.8. The van der Waals surface area contributed by atoms with Crippen LogP contribution in [0.15, 0.2) is 0 Å². The average Bonchev–Trinajstić information content (AvgIpc) is 2.73. The van der Waals surface area contributed by atoms with Crippen molar-refractivity contribution in [1.29, 1.82) is 5.26 Å². The minimum Gasteiger partial charge on any atom is -0.373 e. The van der Waals surface area contributed by atoms with Gasteiger partial charge in [0.05, 0.1) is 18.3 Å². The van der Waals surface area contributed by atoms with Crippen molar-refractivity contribution in [1.82, 2.24) is 10.2 Å². The predicted molar refractivity (Wildman–Crippen MR) is 71.2 cm³/mol. The monoisotopic (exact) mass is 251 g/mol. The van der Waals surface area contributed by atoms with Gasteiger partial charge in [0, 0.05) is 19.1 Å². The van der Waals surface area contributed by atoms with Gasteiger partial charge in [0.2, 0.25) is 0 Å². The van der Waals surface area contributed by atoms with Crippen molar-refractivity contribution in [2.24, 2.45) is 0 Å². The minimum atomic E-state index is -0.288. The predicted octanol–water partition coefficient (Wildman–Crippen LogP) is 1.52. The minimum absolute atomic E-state index is 0.288. The van der Waals surface area contributed by atoms with E-state index in [-0.39, 0.29) is 5.54 Å². The van der Waals surface area contributed by atoms with E-state index in [1.165, 1.54) is 0 Å². The third-order valence-corrected chi connectivity index (χ3v) is 4.18. The molecule has 1 aliphatic heterocycles. The standard InChI is InChI=1S/C14H25N3O/c1-4-16-14(10-15)6-5-13(7-14)17-8-11(2)18-12(3)9-17/h11-13,16H,4-9H2,1-3H3. The number of hydrogen-bond donors (Lipinski definition) is 1. The first-order valence-corrected chi connectivity index (χ1v) is 7.14. The van der Waals surface area contributed by atoms with Gasteiger partial charge >= 0.3 is 0 Å². The smallest absolute Gasteiger partial charge is 0.108 e. The molecule has 1 aliphatic carbocycles. The number of nitriles is 1. The summed E-state index contributed by atoms with van der Waals surface area (Å²) >= 11 is 0. The summed E-state index contributed by atoms with van der Waals surface area (Å²) in [5, 5.41) is 12.8. The van der Waals surface area contributed by atoms with Crippen LogP contribution in [-0.2, 0) is 4.74 Å². The Morgan fingerprint density at radius 1 is 1.39 bits per heavy atom. The number of rotatable bonds is 3. The molecule has 18 heavy (non-hydrogen) atoms. The maximum absolute atomic E-state index is 9.41. The number of ether oxygens (including phenoxy) is 1. The Morgan fingerprint density at radius 2 is 2.06 bits per heavy atom. The van der Waals surface area contributed by atoms with Gasteiger partial charge in [-0.05, 0) is 39.7 Å². The maximum atomic E-state index is 9.41. The third kappa shape index (κ3) is 2.85. The Kier molecular flexibility index (Phi) is 4.26. The SMILES string of the molecule is CCNC1(C#N)CCC(N2CC(C)OC(C)C2)C1. The summed E-state index contributed by atoms with van der Waals surface area (Å²) in [6.07, 6.45) is 3.67. The molecule has 0 aromatic rings. The molecule has 4 nitrogen and oxygen atoms in total. The molecule has 2 rings (SSSR count). The van der Waals surface area contributed by atoms with Crippen LogP contribution in [0.3, 0.4) is 0 Å². The molecule has 0 aromatic heterocycles. The zero-order chi connectivity index (χ0) is 13.2. The molecule has 0 bridgehead atoms. The zero-order valence-corrected chi connectivity index (χ0v) is 11.8. The molecule has 2 fully saturated rings. The van der Waals surface area contributed by atoms with Gasteiger partial charge in [-0.15, -0.1) is 0 Å². The van der Waals surface area contributed by atoms with Gasteiger partial charge in [-0.3, -0.25) is 10.2 Å². The molecule has 4 atom stereocenters. The second-order valence-electron chi connectivity index (χ2n) is 5.83. The van der Waals surface area contributed by atoms with Crippen LogP contribution < -0.4 is 5.32 Å². The van der Waals surface area contributed by atoms with E-state index in [1.54, 1.807) is 0 Å². The fraction of sp³-hybridized carbons (Fsp3) is 0.929. The van der Waals surface area contributed by atoms with Gasteiger partial charge < -0.3 is 4.74 Å². The first-order valence-electron chi connectivity index (χ1n) is 7.14. The van der Waals surface area contributed by atoms with Crippen LogP contribution in [0.5, 0.6) is 0 Å². The lowest BCUT2D eigenvalue weighted by Gasteiger charge is -2.39. The second-order valence-corrected chi connectivity index (χ2v) is 5.83. The summed E-state index contributed by atoms with van der Waals surface area (Å²) in [6, 6.07) is 3.04. The molecule has 1 heterocycles. The topological polar surface area (TPSA) is 48.3 Å². The van der Waals surface area contributed by atoms with Crippen LogP contribution in [0.25, 0.3) is 0 Å². The summed E-state index contributed by atoms with van der Waals surface area (Å²) in [4.78, 5) is 2.52. The highest BCUT2D eigenvalue weighted by Gasteiger charge is 2.42. The normalized spacial score (nSPS) is 41.8. The van der Waals surface area contributed by atoms with E-state index >= 15 is 0 Å². The van der Waals surface area contributed by atoms with E-state index in [0.29, 0.717) is 18.2 Å². The lowest BCUT2D eigenvalue weighted by Crippen LogP contribution is -2.50. The van der Waals surface area contributed by atoms with Gasteiger partial charge in [0.1, 0.15) is 5.54 Å². The van der Waals surface area contributed by atoms with Gasteiger partial charge in [-0.2, -0.15) is 5.26 Å². The van der Waals surface area contributed by atoms with Gasteiger partial charge in [0.15, 0.2) is 0 Å². The van der Waals surface area contributed by atoms with E-state index in [1.807, 2.05) is 0 Å². The summed E-state index contributed by atoms with van der Waals surface area (Å²) in [5.41, 5.74) is -0.288. The van der Waals surface area contributed by atoms with Crippen molar-refractivity contribution in [3.05, 3.63) is 0 Å². The fourth-order valence-corrected chi connectivity index (χ4v) is 3.49. The van der Waals surface area contributed by atoms with Crippen molar-refractivity contribution in [3.8, 4) is 6.07 Å². The molecule has 102 valence electrons. The van der Waals surface area contributed by atoms with E-state index < -0.39 is 0 Å². The van der Waals surface area contributed by atoms with E-state index in [4.69, 9.17) is 4.74 Å². The number of morpholine rings is 1. The molecular weight excluding hydrogens is 226 g/mol. The summed E-state index contributed by atoms with van der Waals surface area (Å²) in [6.45, 7) is 9.23. The van der Waals surface area contributed by atoms with Gasteiger partial charge in [0.25, 0.3) is 0 Å². The van der Waals surface area contributed by atoms with Crippen LogP contribution in [0.2, 0.25) is 0 Å². The lowest BCUT2D eigenvalue weighted by atomic mass is 9.99. The Labute approximate surface area is 110 Å². The maximum Gasteiger partial charge on any atom is 0.108 e. The van der Waals surface area contributed by atoms with Crippen LogP contribution in [-0.4, -0.2) is 48.3 Å². The Bertz CT molecular complexity index is 317. The Balaban J connectivity index is 1.98. The van der Waals surface area contributed by atoms with Crippen molar-refractivity contribution >= 4 is 0 Å². The van der Waals surface area contributed by atoms with Crippen molar-refractivity contribution in [2.45, 2.75) is 63.8 Å². The fourth-order valence-electron chi connectivity index (χ4n) is 3.49. The quantitative estimate of drug-likeness (QED) is 0.826. The summed E-state index contributed by atoms with van der Waals surface area (Å²) in [5.74, 6) is 0. The zero-order valence-electron chi connectivity index (χ0n) is 11.8. The van der Waals surface area contributed by atoms with E-state index in [0.717, 1.165) is 38.9 Å². The number of hydrogen-bond acceptors (Lipinski definition) is 4. The molecule has 1 N–H and O–H groups in total. The van der Waals surface area contributed by atoms with Gasteiger partial charge in [-0.1, -0.05) is 6.92 Å². The van der Waals surface area contributed by atoms with Crippen molar-refractivity contribution in [2.75, 3.05) is 19.6 Å². The van der Waals surface area contributed by atoms with E-state index in [2.05, 4.69) is 37.1 Å². The van der Waals surface area contributed by atoms with Crippen LogP contribution in [0, 0.1) is 11.3 Å². The lowest BCUT2D eigenvalue weighted by molar-refractivity contribution is -0.0800. The number of nitrogens with one attached hydrogen (secondary N) is 1. The molecule has 1 saturated carbocycles. The van der Waals surface area contributed by atoms with Crippen LogP contribution >= 0.6 is 0 Å². The molecular formula is C14H25N3O. The molecule has 2 aliphatic rings. The van der Waals surface area contributed by atoms with Crippen molar-refractivity contribution in [3.63, 3.8) is 0 Å². The molecule has 1 saturated heterocycles. The highest BCUT2D eigenvalue weighted by molar-refractivity contribution is 5.13. The Hall–Kier alpha value is -0.630. The highest BCUT2D eigenvalue weighted by atomic mass is 16.5. The van der Waals surface area contributed by atoms with Crippen LogP contribution in [0.1, 0.15) is 40.0 Å². The molecule has 0 aromatic carbocycles. The second kappa shape index (κ2) is 5.56. The highest BCUT2D eigenvalue weighted by Crippen LogP contribution is 2.33. The number of nitrogens with zero attached hydrogens (tertiary/aromatic N) is 2. The molecule has 0 spiro atoms. The van der Waals surface area contributed by atoms with Gasteiger partial charge in [-0.25, -0.2) is 0 Å². The molecule has 4 unspecified atom stereocenters. The summed E-state index contributed by atoms with van der Waals surface area (Å²) in [7, 11) is 0. The largest absolute Gasteiger partial charge is 0.373 e. The van der Waals surface area contributed by atoms with E-state index in [9.17, 15) is 5.26 Å². The average molecular weight is 251 g/mol. The first-order chi connectivity index (χ1) is 8.58. The van der Waals surface area contributed by atoms with Crippen LogP contribution in [0.4, 0.5) is 0 Å².